The van der Waals surface area contributed by atoms with E-state index in [2.05, 4.69) is 20.9 Å². The number of nitrogens with zero attached hydrogens (tertiary/aromatic N) is 6. The van der Waals surface area contributed by atoms with Crippen LogP contribution in [0.2, 0.25) is 0 Å². The van der Waals surface area contributed by atoms with Crippen molar-refractivity contribution in [3.05, 3.63) is 80.9 Å². The van der Waals surface area contributed by atoms with Crippen molar-refractivity contribution in [3.63, 3.8) is 0 Å². The van der Waals surface area contributed by atoms with Gasteiger partial charge in [-0.05, 0) is 80.2 Å². The summed E-state index contributed by atoms with van der Waals surface area (Å²) in [6.45, 7) is 7.38. The van der Waals surface area contributed by atoms with Crippen molar-refractivity contribution in [1.82, 2.24) is 40.1 Å². The molecule has 2 atom stereocenters. The lowest BCUT2D eigenvalue weighted by atomic mass is 9.79. The van der Waals surface area contributed by atoms with Crippen molar-refractivity contribution in [1.29, 1.82) is 0 Å². The molecule has 0 radical (unpaired) electrons. The summed E-state index contributed by atoms with van der Waals surface area (Å²) in [6, 6.07) is 5.83. The maximum Gasteiger partial charge on any atom is 0.509 e. The van der Waals surface area contributed by atoms with E-state index in [4.69, 9.17) is 28.7 Å². The van der Waals surface area contributed by atoms with Gasteiger partial charge in [-0.1, -0.05) is 40.3 Å². The molecule has 2 unspecified atom stereocenters. The normalized spacial score (nSPS) is 19.0. The third-order valence-electron chi connectivity index (χ3n) is 14.3. The first-order valence-electron chi connectivity index (χ1n) is 25.2. The second-order valence-electron chi connectivity index (χ2n) is 19.4. The number of rotatable bonds is 23. The van der Waals surface area contributed by atoms with Gasteiger partial charge >= 0.3 is 12.1 Å². The zero-order valence-electron chi connectivity index (χ0n) is 42.0. The Hall–Kier alpha value is -7.33. The summed E-state index contributed by atoms with van der Waals surface area (Å²) >= 11 is 0. The molecule has 75 heavy (non-hydrogen) atoms. The number of carbonyl (C=O) groups excluding carboxylic acids is 7. The van der Waals surface area contributed by atoms with Crippen LogP contribution in [0, 0.1) is 17.8 Å². The summed E-state index contributed by atoms with van der Waals surface area (Å²) in [5.41, 5.74) is 1.95. The smallest absolute Gasteiger partial charge is 0.508 e. The Labute approximate surface area is 433 Å². The Morgan fingerprint density at radius 1 is 0.947 bits per heavy atom. The van der Waals surface area contributed by atoms with E-state index < -0.39 is 54.4 Å². The van der Waals surface area contributed by atoms with Crippen LogP contribution in [0.3, 0.4) is 0 Å². The highest BCUT2D eigenvalue weighted by Gasteiger charge is 2.51. The van der Waals surface area contributed by atoms with Crippen LogP contribution in [0.25, 0.3) is 22.3 Å². The van der Waals surface area contributed by atoms with Gasteiger partial charge in [0.1, 0.15) is 38.0 Å². The molecular formula is C53H66N8O14. The van der Waals surface area contributed by atoms with Gasteiger partial charge in [0.15, 0.2) is 0 Å². The molecule has 4 amide bonds. The lowest BCUT2D eigenvalue weighted by molar-refractivity contribution is -0.175. The van der Waals surface area contributed by atoms with Crippen molar-refractivity contribution < 1.29 is 62.4 Å². The summed E-state index contributed by atoms with van der Waals surface area (Å²) in [5, 5.41) is 24.7. The SMILES string of the molecule is C.CCc1c2c(nc3ccc(O)cc13)-c1cc3c(c(=O)n1C2)COC(=O)C3(CC)OC(=O)OCC(NC(=O)COCC(=O)NCCOCCn1cc(CCC(=O)C2CCC(CN3C(=O)C=CC3=O)CC2)nn1)C(C)C. The van der Waals surface area contributed by atoms with Crippen LogP contribution in [0.15, 0.2) is 47.4 Å². The third kappa shape index (κ3) is 12.4. The number of ketones is 1. The molecule has 22 heteroatoms. The summed E-state index contributed by atoms with van der Waals surface area (Å²) < 4.78 is 30.9. The van der Waals surface area contributed by atoms with E-state index in [9.17, 15) is 43.5 Å². The number of hydrogen-bond acceptors (Lipinski definition) is 17. The highest BCUT2D eigenvalue weighted by Crippen LogP contribution is 2.42. The van der Waals surface area contributed by atoms with Gasteiger partial charge in [0, 0.05) is 66.7 Å². The van der Waals surface area contributed by atoms with Crippen molar-refractivity contribution >= 4 is 52.4 Å². The minimum atomic E-state index is -2.02. The lowest BCUT2D eigenvalue weighted by Crippen LogP contribution is -2.48. The maximum absolute atomic E-state index is 14.1. The monoisotopic (exact) mass is 1040 g/mol. The molecule has 3 aromatic heterocycles. The zero-order chi connectivity index (χ0) is 52.7. The number of Topliss-reactive ketones (excluding diaryl/α,β-unsaturated/α-hetero) is 1. The topological polar surface area (TPSA) is 279 Å². The van der Waals surface area contributed by atoms with Crippen molar-refractivity contribution in [2.75, 3.05) is 46.1 Å². The van der Waals surface area contributed by atoms with Crippen LogP contribution in [0.5, 0.6) is 5.75 Å². The fraction of sp³-hybridized carbons (Fsp3) is 0.528. The molecule has 3 aliphatic heterocycles. The Bertz CT molecular complexity index is 2900. The first kappa shape index (κ1) is 55.4. The molecule has 4 aromatic rings. The standard InChI is InChI=1S/C52H62N8O14.CH4/c1-5-35-36-21-34(61)12-13-40(36)55-48-37(35)25-59-42(48)22-39-38(49(59)67)26-72-50(68)52(39,6-2)74-51(69)73-27-41(30(3)4)54-45(64)29-71-28-44(63)53-17-19-70-20-18-58-24-33(56-57-58)11-14-43(62)32-9-7-31(8-10-32)23-60-46(65)15-16-47(60)66;/h12-13,15-16,21-22,24,30-32,41,61H,5-11,14,17-20,23,25-29H2,1-4H3,(H,53,63)(H,54,64);1H4. The molecule has 0 saturated heterocycles. The largest absolute Gasteiger partial charge is 0.509 e. The quantitative estimate of drug-likeness (QED) is 0.0474. The molecule has 4 aliphatic rings. The molecule has 22 nitrogen and oxygen atoms in total. The number of imide groups is 1. The zero-order valence-corrected chi connectivity index (χ0v) is 42.0. The van der Waals surface area contributed by atoms with Crippen LogP contribution in [-0.4, -0.2) is 128 Å². The Morgan fingerprint density at radius 2 is 1.69 bits per heavy atom. The third-order valence-corrected chi connectivity index (χ3v) is 14.3. The molecule has 402 valence electrons. The average molecular weight is 1040 g/mol. The van der Waals surface area contributed by atoms with Gasteiger partial charge in [0.25, 0.3) is 17.4 Å². The van der Waals surface area contributed by atoms with Gasteiger partial charge in [0.2, 0.25) is 17.4 Å². The first-order chi connectivity index (χ1) is 35.6. The number of carbonyl (C=O) groups is 7. The van der Waals surface area contributed by atoms with Gasteiger partial charge in [-0.15, -0.1) is 5.10 Å². The average Bonchev–Trinajstić information content (AvgIpc) is 4.10. The molecule has 3 N–H and O–H groups in total. The van der Waals surface area contributed by atoms with Gasteiger partial charge in [-0.3, -0.25) is 33.7 Å². The molecule has 6 heterocycles. The maximum atomic E-state index is 14.1. The number of nitrogens with one attached hydrogen (secondary N) is 2. The number of hydrogen-bond donors (Lipinski definition) is 3. The molecule has 0 spiro atoms. The number of esters is 1. The number of cyclic esters (lactones) is 1. The molecule has 1 aliphatic carbocycles. The Balaban J connectivity index is 0.00000820. The first-order valence-corrected chi connectivity index (χ1v) is 25.2. The van der Waals surface area contributed by atoms with Crippen molar-refractivity contribution in [2.24, 2.45) is 17.8 Å². The molecule has 0 bridgehead atoms. The minimum absolute atomic E-state index is 0. The summed E-state index contributed by atoms with van der Waals surface area (Å²) in [4.78, 5) is 109. The number of pyridine rings is 2. The van der Waals surface area contributed by atoms with Gasteiger partial charge < -0.3 is 44.0 Å². The minimum Gasteiger partial charge on any atom is -0.508 e. The predicted molar refractivity (Wildman–Crippen MR) is 269 cm³/mol. The highest BCUT2D eigenvalue weighted by molar-refractivity contribution is 6.12. The predicted octanol–water partition coefficient (Wildman–Crippen LogP) is 3.96. The van der Waals surface area contributed by atoms with Crippen molar-refractivity contribution in [3.8, 4) is 17.1 Å². The van der Waals surface area contributed by atoms with Crippen LogP contribution in [0.4, 0.5) is 4.79 Å². The van der Waals surface area contributed by atoms with E-state index >= 15 is 0 Å². The number of aromatic hydroxyl groups is 1. The summed E-state index contributed by atoms with van der Waals surface area (Å²) in [7, 11) is 0. The van der Waals surface area contributed by atoms with Crippen LogP contribution >= 0.6 is 0 Å². The number of ether oxygens (including phenoxy) is 5. The Kier molecular flexibility index (Phi) is 18.0. The summed E-state index contributed by atoms with van der Waals surface area (Å²) in [6.07, 6.45) is 7.53. The molecule has 1 saturated carbocycles. The lowest BCUT2D eigenvalue weighted by Gasteiger charge is -2.35. The van der Waals surface area contributed by atoms with E-state index in [0.29, 0.717) is 61.6 Å². The molecule has 1 aromatic carbocycles. The number of amides is 4. The fourth-order valence-corrected chi connectivity index (χ4v) is 10.1. The second kappa shape index (κ2) is 24.3. The highest BCUT2D eigenvalue weighted by atomic mass is 16.7. The number of phenols is 1. The molecule has 8 rings (SSSR count). The van der Waals surface area contributed by atoms with E-state index in [1.807, 2.05) is 6.92 Å². The van der Waals surface area contributed by atoms with Gasteiger partial charge in [0.05, 0.1) is 60.5 Å². The van der Waals surface area contributed by atoms with Gasteiger partial charge in [-0.2, -0.15) is 0 Å². The van der Waals surface area contributed by atoms with E-state index in [1.165, 1.54) is 23.1 Å². The van der Waals surface area contributed by atoms with Crippen LogP contribution in [0.1, 0.15) is 102 Å². The van der Waals surface area contributed by atoms with Crippen LogP contribution < -0.4 is 16.2 Å². The number of aromatic nitrogens is 5. The van der Waals surface area contributed by atoms with Gasteiger partial charge in [-0.25, -0.2) is 19.3 Å². The van der Waals surface area contributed by atoms with Crippen molar-refractivity contribution in [2.45, 2.75) is 118 Å². The van der Waals surface area contributed by atoms with E-state index in [0.717, 1.165) is 42.2 Å². The van der Waals surface area contributed by atoms with Crippen LogP contribution in [-0.2, 0) is 90.6 Å². The number of aryl methyl sites for hydroxylation is 2. The fourth-order valence-electron chi connectivity index (χ4n) is 10.1. The number of fused-ring (bicyclic) bond motifs is 5. The number of benzene rings is 1. The second-order valence-corrected chi connectivity index (χ2v) is 19.4. The molecular weight excluding hydrogens is 973 g/mol. The Morgan fingerprint density at radius 3 is 2.41 bits per heavy atom. The molecule has 1 fully saturated rings. The number of phenolic OH excluding ortho intramolecular Hbond substituents is 1. The van der Waals surface area contributed by atoms with E-state index in [1.54, 1.807) is 54.4 Å². The van der Waals surface area contributed by atoms with E-state index in [-0.39, 0.29) is 99.0 Å². The summed E-state index contributed by atoms with van der Waals surface area (Å²) in [5.74, 6) is -2.25.